The fourth-order valence-electron chi connectivity index (χ4n) is 2.49. The van der Waals surface area contributed by atoms with Crippen LogP contribution in [-0.4, -0.2) is 18.0 Å². The van der Waals surface area contributed by atoms with Crippen molar-refractivity contribution in [2.45, 2.75) is 64.5 Å². The maximum Gasteiger partial charge on any atom is 0.0266 e. The maximum absolute atomic E-state index is 6.00. The molecule has 1 nitrogen and oxygen atoms in total. The lowest BCUT2D eigenvalue weighted by atomic mass is 9.85. The van der Waals surface area contributed by atoms with Crippen molar-refractivity contribution in [3.05, 3.63) is 0 Å². The van der Waals surface area contributed by atoms with E-state index in [1.54, 1.807) is 0 Å². The summed E-state index contributed by atoms with van der Waals surface area (Å²) in [6.45, 7) is 4.54. The third-order valence-electron chi connectivity index (χ3n) is 3.33. The predicted molar refractivity (Wildman–Crippen MR) is 64.0 cm³/mol. The standard InChI is InChI=1S/C12H24ClN/c1-3-6-10(2)14-12-8-5-4-7-11(12)9-13/h10-12,14H,3-9H2,1-2H3. The van der Waals surface area contributed by atoms with Crippen molar-refractivity contribution in [1.29, 1.82) is 0 Å². The van der Waals surface area contributed by atoms with Gasteiger partial charge in [0.25, 0.3) is 0 Å². The first-order valence-electron chi connectivity index (χ1n) is 6.10. The molecule has 0 aromatic carbocycles. The Morgan fingerprint density at radius 2 is 2.07 bits per heavy atom. The molecule has 14 heavy (non-hydrogen) atoms. The summed E-state index contributed by atoms with van der Waals surface area (Å²) in [6, 6.07) is 1.34. The van der Waals surface area contributed by atoms with Crippen molar-refractivity contribution in [3.8, 4) is 0 Å². The second-order valence-corrected chi connectivity index (χ2v) is 4.97. The van der Waals surface area contributed by atoms with Crippen LogP contribution in [0.25, 0.3) is 0 Å². The van der Waals surface area contributed by atoms with Gasteiger partial charge in [-0.3, -0.25) is 0 Å². The van der Waals surface area contributed by atoms with Gasteiger partial charge >= 0.3 is 0 Å². The SMILES string of the molecule is CCCC(C)NC1CCCCC1CCl. The van der Waals surface area contributed by atoms with Crippen LogP contribution in [-0.2, 0) is 0 Å². The molecule has 0 spiro atoms. The molecule has 1 aliphatic carbocycles. The molecule has 1 saturated carbocycles. The van der Waals surface area contributed by atoms with Gasteiger partial charge in [0.15, 0.2) is 0 Å². The Labute approximate surface area is 93.6 Å². The normalized spacial score (nSPS) is 30.2. The van der Waals surface area contributed by atoms with Gasteiger partial charge in [-0.1, -0.05) is 26.2 Å². The molecule has 0 radical (unpaired) electrons. The summed E-state index contributed by atoms with van der Waals surface area (Å²) in [6.07, 6.45) is 7.95. The van der Waals surface area contributed by atoms with E-state index in [0.717, 1.165) is 5.88 Å². The molecule has 0 heterocycles. The van der Waals surface area contributed by atoms with Gasteiger partial charge in [0.2, 0.25) is 0 Å². The summed E-state index contributed by atoms with van der Waals surface area (Å²) >= 11 is 6.00. The minimum absolute atomic E-state index is 0.661. The first kappa shape index (κ1) is 12.3. The van der Waals surface area contributed by atoms with Crippen LogP contribution in [0.2, 0.25) is 0 Å². The Morgan fingerprint density at radius 3 is 2.71 bits per heavy atom. The molecule has 0 bridgehead atoms. The van der Waals surface area contributed by atoms with Gasteiger partial charge < -0.3 is 5.32 Å². The molecule has 1 fully saturated rings. The molecule has 0 saturated heterocycles. The van der Waals surface area contributed by atoms with Crippen molar-refractivity contribution in [2.24, 2.45) is 5.92 Å². The van der Waals surface area contributed by atoms with E-state index < -0.39 is 0 Å². The molecular formula is C12H24ClN. The Hall–Kier alpha value is 0.250. The average molecular weight is 218 g/mol. The van der Waals surface area contributed by atoms with Crippen LogP contribution in [0, 0.1) is 5.92 Å². The van der Waals surface area contributed by atoms with Gasteiger partial charge in [0.1, 0.15) is 0 Å². The zero-order valence-electron chi connectivity index (χ0n) is 9.56. The van der Waals surface area contributed by atoms with Crippen LogP contribution < -0.4 is 5.32 Å². The summed E-state index contributed by atoms with van der Waals surface area (Å²) < 4.78 is 0. The van der Waals surface area contributed by atoms with Gasteiger partial charge in [-0.25, -0.2) is 0 Å². The molecule has 0 aromatic heterocycles. The minimum Gasteiger partial charge on any atom is -0.311 e. The van der Waals surface area contributed by atoms with Gasteiger partial charge in [-0.15, -0.1) is 11.6 Å². The number of halogens is 1. The quantitative estimate of drug-likeness (QED) is 0.695. The van der Waals surface area contributed by atoms with E-state index in [1.807, 2.05) is 0 Å². The molecule has 1 N–H and O–H groups in total. The number of hydrogen-bond acceptors (Lipinski definition) is 1. The van der Waals surface area contributed by atoms with E-state index >= 15 is 0 Å². The van der Waals surface area contributed by atoms with E-state index in [-0.39, 0.29) is 0 Å². The monoisotopic (exact) mass is 217 g/mol. The number of rotatable bonds is 5. The van der Waals surface area contributed by atoms with Crippen LogP contribution in [0.4, 0.5) is 0 Å². The largest absolute Gasteiger partial charge is 0.311 e. The van der Waals surface area contributed by atoms with E-state index in [4.69, 9.17) is 11.6 Å². The average Bonchev–Trinajstić information content (AvgIpc) is 2.19. The fraction of sp³-hybridized carbons (Fsp3) is 1.00. The second kappa shape index (κ2) is 6.68. The van der Waals surface area contributed by atoms with Crippen LogP contribution >= 0.6 is 11.6 Å². The molecule has 0 aliphatic heterocycles. The van der Waals surface area contributed by atoms with E-state index in [0.29, 0.717) is 18.0 Å². The highest BCUT2D eigenvalue weighted by Crippen LogP contribution is 2.25. The zero-order chi connectivity index (χ0) is 10.4. The summed E-state index contributed by atoms with van der Waals surface area (Å²) in [5.74, 6) is 1.54. The summed E-state index contributed by atoms with van der Waals surface area (Å²) in [5, 5.41) is 3.74. The van der Waals surface area contributed by atoms with Crippen LogP contribution in [0.3, 0.4) is 0 Å². The first-order valence-corrected chi connectivity index (χ1v) is 6.63. The molecule has 1 rings (SSSR count). The minimum atomic E-state index is 0.661. The van der Waals surface area contributed by atoms with Crippen molar-refractivity contribution in [2.75, 3.05) is 5.88 Å². The third kappa shape index (κ3) is 3.78. The predicted octanol–water partition coefficient (Wildman–Crippen LogP) is 3.56. The fourth-order valence-corrected chi connectivity index (χ4v) is 2.86. The highest BCUT2D eigenvalue weighted by Gasteiger charge is 2.24. The smallest absolute Gasteiger partial charge is 0.0266 e. The lowest BCUT2D eigenvalue weighted by molar-refractivity contribution is 0.261. The Bertz CT molecular complexity index is 149. The topological polar surface area (TPSA) is 12.0 Å². The van der Waals surface area contributed by atoms with Crippen molar-refractivity contribution < 1.29 is 0 Å². The van der Waals surface area contributed by atoms with Crippen molar-refractivity contribution in [3.63, 3.8) is 0 Å². The Morgan fingerprint density at radius 1 is 1.36 bits per heavy atom. The van der Waals surface area contributed by atoms with Crippen LogP contribution in [0.1, 0.15) is 52.4 Å². The summed E-state index contributed by atoms with van der Waals surface area (Å²) in [7, 11) is 0. The Kier molecular flexibility index (Phi) is 5.88. The van der Waals surface area contributed by atoms with E-state index in [9.17, 15) is 0 Å². The lowest BCUT2D eigenvalue weighted by Gasteiger charge is -2.33. The van der Waals surface area contributed by atoms with Gasteiger partial charge in [0, 0.05) is 18.0 Å². The number of alkyl halides is 1. The van der Waals surface area contributed by atoms with Crippen molar-refractivity contribution in [1.82, 2.24) is 5.32 Å². The molecule has 84 valence electrons. The van der Waals surface area contributed by atoms with Gasteiger partial charge in [-0.05, 0) is 32.1 Å². The van der Waals surface area contributed by atoms with E-state index in [2.05, 4.69) is 19.2 Å². The van der Waals surface area contributed by atoms with Crippen LogP contribution in [0.15, 0.2) is 0 Å². The third-order valence-corrected chi connectivity index (χ3v) is 3.72. The first-order chi connectivity index (χ1) is 6.77. The van der Waals surface area contributed by atoms with Crippen LogP contribution in [0.5, 0.6) is 0 Å². The molecule has 1 aliphatic rings. The number of nitrogens with one attached hydrogen (secondary N) is 1. The maximum atomic E-state index is 6.00. The number of hydrogen-bond donors (Lipinski definition) is 1. The van der Waals surface area contributed by atoms with Gasteiger partial charge in [-0.2, -0.15) is 0 Å². The molecular weight excluding hydrogens is 194 g/mol. The molecule has 3 unspecified atom stereocenters. The van der Waals surface area contributed by atoms with Crippen molar-refractivity contribution >= 4 is 11.6 Å². The molecule has 0 aromatic rings. The summed E-state index contributed by atoms with van der Waals surface area (Å²) in [5.41, 5.74) is 0. The Balaban J connectivity index is 2.32. The molecule has 2 heteroatoms. The summed E-state index contributed by atoms with van der Waals surface area (Å²) in [4.78, 5) is 0. The molecule has 3 atom stereocenters. The highest BCUT2D eigenvalue weighted by atomic mass is 35.5. The van der Waals surface area contributed by atoms with Gasteiger partial charge in [0.05, 0.1) is 0 Å². The molecule has 0 amide bonds. The van der Waals surface area contributed by atoms with E-state index in [1.165, 1.54) is 38.5 Å². The lowest BCUT2D eigenvalue weighted by Crippen LogP contribution is -2.43. The second-order valence-electron chi connectivity index (χ2n) is 4.66. The highest BCUT2D eigenvalue weighted by molar-refractivity contribution is 6.18. The zero-order valence-corrected chi connectivity index (χ0v) is 10.3.